The van der Waals surface area contributed by atoms with E-state index in [2.05, 4.69) is 0 Å². The lowest BCUT2D eigenvalue weighted by atomic mass is 10.2. The predicted octanol–water partition coefficient (Wildman–Crippen LogP) is 6.06. The van der Waals surface area contributed by atoms with Crippen LogP contribution in [0.2, 0.25) is 10.0 Å². The van der Waals surface area contributed by atoms with Crippen LogP contribution in [0.25, 0.3) is 28.7 Å². The number of hydrogen-bond donors (Lipinski definition) is 1. The monoisotopic (exact) mass is 487 g/mol. The highest BCUT2D eigenvalue weighted by Crippen LogP contribution is 2.34. The van der Waals surface area contributed by atoms with Crippen LogP contribution in [0.4, 0.5) is 0 Å². The first kappa shape index (κ1) is 22.1. The molecule has 0 bridgehead atoms. The number of sulfonamides is 1. The third-order valence-corrected chi connectivity index (χ3v) is 6.31. The molecule has 4 rings (SSSR count). The second-order valence-electron chi connectivity index (χ2n) is 6.73. The number of allylic oxidation sites excluding steroid dienone is 1. The van der Waals surface area contributed by atoms with Crippen molar-refractivity contribution in [3.63, 3.8) is 0 Å². The van der Waals surface area contributed by atoms with Crippen LogP contribution in [0, 0.1) is 0 Å². The Morgan fingerprint density at radius 1 is 0.875 bits per heavy atom. The molecule has 2 aromatic heterocycles. The number of carbonyl (C=O) groups is 1. The van der Waals surface area contributed by atoms with Crippen LogP contribution in [0.15, 0.2) is 86.5 Å². The molecule has 0 atom stereocenters. The normalized spacial score (nSPS) is 11.8. The summed E-state index contributed by atoms with van der Waals surface area (Å²) >= 11 is 12.2. The third kappa shape index (κ3) is 4.71. The molecule has 0 saturated heterocycles. The maximum Gasteiger partial charge on any atom is 0.238 e. The van der Waals surface area contributed by atoms with Crippen LogP contribution in [0.5, 0.6) is 0 Å². The zero-order valence-corrected chi connectivity index (χ0v) is 18.6. The van der Waals surface area contributed by atoms with Gasteiger partial charge >= 0.3 is 0 Å². The first-order valence-corrected chi connectivity index (χ1v) is 11.5. The van der Waals surface area contributed by atoms with E-state index in [1.165, 1.54) is 24.3 Å². The number of primary sulfonamides is 1. The van der Waals surface area contributed by atoms with Crippen LogP contribution >= 0.6 is 23.2 Å². The highest BCUT2D eigenvalue weighted by Gasteiger charge is 2.14. The second kappa shape index (κ2) is 8.80. The Morgan fingerprint density at radius 2 is 1.59 bits per heavy atom. The maximum absolute atomic E-state index is 12.5. The van der Waals surface area contributed by atoms with Crippen LogP contribution in [-0.4, -0.2) is 14.2 Å². The second-order valence-corrected chi connectivity index (χ2v) is 9.08. The molecule has 0 unspecified atom stereocenters. The van der Waals surface area contributed by atoms with Gasteiger partial charge in [0.1, 0.15) is 17.3 Å². The van der Waals surface area contributed by atoms with Gasteiger partial charge < -0.3 is 8.83 Å². The molecule has 0 aliphatic heterocycles. The van der Waals surface area contributed by atoms with Crippen molar-refractivity contribution in [2.45, 2.75) is 4.90 Å². The van der Waals surface area contributed by atoms with Gasteiger partial charge in [0.25, 0.3) is 0 Å². The van der Waals surface area contributed by atoms with E-state index in [4.69, 9.17) is 37.2 Å². The van der Waals surface area contributed by atoms with Crippen LogP contribution < -0.4 is 5.14 Å². The Balaban J connectivity index is 1.49. The molecule has 4 aromatic rings. The zero-order valence-electron chi connectivity index (χ0n) is 16.3. The van der Waals surface area contributed by atoms with Gasteiger partial charge in [0.15, 0.2) is 5.76 Å². The van der Waals surface area contributed by atoms with E-state index in [1.807, 2.05) is 0 Å². The highest BCUT2D eigenvalue weighted by molar-refractivity contribution is 7.89. The van der Waals surface area contributed by atoms with E-state index in [9.17, 15) is 13.2 Å². The molecule has 0 aliphatic rings. The first-order valence-electron chi connectivity index (χ1n) is 9.22. The Labute approximate surface area is 193 Å². The largest absolute Gasteiger partial charge is 0.457 e. The average Bonchev–Trinajstić information content (AvgIpc) is 3.43. The average molecular weight is 488 g/mol. The molecule has 0 aliphatic carbocycles. The number of carbonyl (C=O) groups excluding carboxylic acids is 1. The Hall–Kier alpha value is -3.10. The zero-order chi connectivity index (χ0) is 22.9. The summed E-state index contributed by atoms with van der Waals surface area (Å²) in [7, 11) is -3.76. The van der Waals surface area contributed by atoms with E-state index in [-0.39, 0.29) is 16.4 Å². The van der Waals surface area contributed by atoms with Crippen molar-refractivity contribution in [2.24, 2.45) is 5.14 Å². The van der Waals surface area contributed by atoms with Crippen LogP contribution in [0.3, 0.4) is 0 Å². The molecule has 2 heterocycles. The van der Waals surface area contributed by atoms with E-state index in [0.717, 1.165) is 0 Å². The maximum atomic E-state index is 12.5. The van der Waals surface area contributed by atoms with Crippen molar-refractivity contribution in [1.82, 2.24) is 0 Å². The molecular formula is C23H15Cl2NO5S. The highest BCUT2D eigenvalue weighted by atomic mass is 35.5. The molecule has 9 heteroatoms. The summed E-state index contributed by atoms with van der Waals surface area (Å²) in [6.07, 6.45) is 2.84. The van der Waals surface area contributed by atoms with E-state index in [0.29, 0.717) is 38.5 Å². The Bertz CT molecular complexity index is 1430. The summed E-state index contributed by atoms with van der Waals surface area (Å²) in [5, 5.41) is 5.84. The van der Waals surface area contributed by atoms with Crippen molar-refractivity contribution in [3.05, 3.63) is 94.4 Å². The minimum Gasteiger partial charge on any atom is -0.457 e. The lowest BCUT2D eigenvalue weighted by Gasteiger charge is -2.02. The summed E-state index contributed by atoms with van der Waals surface area (Å²) in [6, 6.07) is 17.7. The molecule has 162 valence electrons. The molecule has 0 fully saturated rings. The Morgan fingerprint density at radius 3 is 2.31 bits per heavy atom. The number of nitrogens with two attached hydrogens (primary N) is 1. The summed E-state index contributed by atoms with van der Waals surface area (Å²) in [4.78, 5) is 12.5. The standard InChI is InChI=1S/C23H15Cl2NO5S/c24-18-3-1-2-17(23(18)25)21-12-13-22(31-21)19(27)10-6-15-7-11-20(30-15)14-4-8-16(9-5-14)32(26,28)29/h1-13H,(H2,26,28,29)/b10-6+. The van der Waals surface area contributed by atoms with Gasteiger partial charge in [-0.15, -0.1) is 0 Å². The van der Waals surface area contributed by atoms with E-state index >= 15 is 0 Å². The van der Waals surface area contributed by atoms with Gasteiger partial charge in [0.05, 0.1) is 14.9 Å². The number of hydrogen-bond acceptors (Lipinski definition) is 5. The fourth-order valence-corrected chi connectivity index (χ4v) is 3.86. The van der Waals surface area contributed by atoms with Gasteiger partial charge in [0.2, 0.25) is 15.8 Å². The fourth-order valence-electron chi connectivity index (χ4n) is 2.96. The molecule has 0 amide bonds. The number of rotatable bonds is 6. The lowest BCUT2D eigenvalue weighted by molar-refractivity contribution is 0.102. The first-order chi connectivity index (χ1) is 15.2. The number of ketones is 1. The third-order valence-electron chi connectivity index (χ3n) is 4.56. The molecular weight excluding hydrogens is 473 g/mol. The molecule has 2 aromatic carbocycles. The quantitative estimate of drug-likeness (QED) is 0.263. The summed E-state index contributed by atoms with van der Waals surface area (Å²) < 4.78 is 34.1. The van der Waals surface area contributed by atoms with Crippen molar-refractivity contribution in [1.29, 1.82) is 0 Å². The topological polar surface area (TPSA) is 104 Å². The summed E-state index contributed by atoms with van der Waals surface area (Å²) in [5.74, 6) is 1.16. The van der Waals surface area contributed by atoms with E-state index < -0.39 is 10.0 Å². The number of benzene rings is 2. The predicted molar refractivity (Wildman–Crippen MR) is 123 cm³/mol. The number of furan rings is 2. The van der Waals surface area contributed by atoms with Gasteiger partial charge in [-0.25, -0.2) is 13.6 Å². The molecule has 2 N–H and O–H groups in total. The molecule has 0 radical (unpaired) electrons. The minimum atomic E-state index is -3.76. The molecule has 6 nitrogen and oxygen atoms in total. The van der Waals surface area contributed by atoms with Gasteiger partial charge in [-0.3, -0.25) is 4.79 Å². The van der Waals surface area contributed by atoms with E-state index in [1.54, 1.807) is 54.6 Å². The van der Waals surface area contributed by atoms with Crippen LogP contribution in [0.1, 0.15) is 16.3 Å². The van der Waals surface area contributed by atoms with Crippen molar-refractivity contribution in [3.8, 4) is 22.6 Å². The number of halogens is 2. The van der Waals surface area contributed by atoms with Crippen molar-refractivity contribution in [2.75, 3.05) is 0 Å². The Kier molecular flexibility index (Phi) is 6.08. The molecule has 0 spiro atoms. The molecule has 32 heavy (non-hydrogen) atoms. The summed E-state index contributed by atoms with van der Waals surface area (Å²) in [6.45, 7) is 0. The SMILES string of the molecule is NS(=O)(=O)c1ccc(-c2ccc(/C=C/C(=O)c3ccc(-c4cccc(Cl)c4Cl)o3)o2)cc1. The van der Waals surface area contributed by atoms with Gasteiger partial charge in [-0.05, 0) is 72.8 Å². The minimum absolute atomic E-state index is 0.00963. The van der Waals surface area contributed by atoms with Crippen molar-refractivity contribution < 1.29 is 22.0 Å². The van der Waals surface area contributed by atoms with Gasteiger partial charge in [-0.1, -0.05) is 29.3 Å². The molecule has 0 saturated carbocycles. The lowest BCUT2D eigenvalue weighted by Crippen LogP contribution is -2.11. The fraction of sp³-hybridized carbons (Fsp3) is 0. The van der Waals surface area contributed by atoms with Crippen molar-refractivity contribution >= 4 is 45.1 Å². The van der Waals surface area contributed by atoms with Gasteiger partial charge in [0, 0.05) is 11.1 Å². The summed E-state index contributed by atoms with van der Waals surface area (Å²) in [5.41, 5.74) is 1.25. The van der Waals surface area contributed by atoms with Crippen LogP contribution in [-0.2, 0) is 10.0 Å². The van der Waals surface area contributed by atoms with Gasteiger partial charge in [-0.2, -0.15) is 0 Å². The smallest absolute Gasteiger partial charge is 0.238 e.